The van der Waals surface area contributed by atoms with Gasteiger partial charge in [0.1, 0.15) is 0 Å². The molecule has 2 rings (SSSR count). The van der Waals surface area contributed by atoms with Gasteiger partial charge in [-0.05, 0) is 30.5 Å². The molecule has 17 heavy (non-hydrogen) atoms. The fraction of sp³-hybridized carbons (Fsp3) is 0.417. The summed E-state index contributed by atoms with van der Waals surface area (Å²) >= 11 is 0. The van der Waals surface area contributed by atoms with Crippen molar-refractivity contribution < 1.29 is 20.1 Å². The number of carbonyl (C=O) groups is 1. The third-order valence-electron chi connectivity index (χ3n) is 3.19. The number of phenols is 2. The number of nitrogens with one attached hydrogen (secondary N) is 1. The summed E-state index contributed by atoms with van der Waals surface area (Å²) in [7, 11) is 0. The molecule has 1 fully saturated rings. The molecule has 0 aliphatic carbocycles. The second kappa shape index (κ2) is 4.25. The van der Waals surface area contributed by atoms with Crippen molar-refractivity contribution in [2.45, 2.75) is 19.4 Å². The number of benzene rings is 1. The molecular weight excluding hydrogens is 222 g/mol. The van der Waals surface area contributed by atoms with Gasteiger partial charge in [-0.15, -0.1) is 0 Å². The number of rotatable bonds is 2. The molecule has 92 valence electrons. The Balaban J connectivity index is 2.22. The third kappa shape index (κ3) is 2.19. The summed E-state index contributed by atoms with van der Waals surface area (Å²) in [5.74, 6) is -1.49. The minimum atomic E-state index is -0.806. The Morgan fingerprint density at radius 1 is 1.41 bits per heavy atom. The summed E-state index contributed by atoms with van der Waals surface area (Å²) in [5.41, 5.74) is 1.39. The lowest BCUT2D eigenvalue weighted by Crippen LogP contribution is -2.17. The maximum absolute atomic E-state index is 10.8. The van der Waals surface area contributed by atoms with Gasteiger partial charge in [0.25, 0.3) is 0 Å². The van der Waals surface area contributed by atoms with Crippen molar-refractivity contribution >= 4 is 5.97 Å². The first-order valence-corrected chi connectivity index (χ1v) is 5.47. The second-order valence-electron chi connectivity index (χ2n) is 4.44. The van der Waals surface area contributed by atoms with Gasteiger partial charge in [-0.25, -0.2) is 0 Å². The number of aromatic hydroxyl groups is 2. The maximum atomic E-state index is 10.8. The van der Waals surface area contributed by atoms with Gasteiger partial charge in [-0.2, -0.15) is 0 Å². The number of aliphatic carboxylic acids is 1. The highest BCUT2D eigenvalue weighted by Gasteiger charge is 2.30. The van der Waals surface area contributed by atoms with Crippen LogP contribution in [0.5, 0.6) is 11.5 Å². The van der Waals surface area contributed by atoms with Crippen LogP contribution in [0, 0.1) is 12.8 Å². The van der Waals surface area contributed by atoms with Crippen molar-refractivity contribution in [1.29, 1.82) is 0 Å². The van der Waals surface area contributed by atoms with E-state index in [9.17, 15) is 15.0 Å². The van der Waals surface area contributed by atoms with Crippen LogP contribution in [0.25, 0.3) is 0 Å². The molecule has 1 aliphatic rings. The lowest BCUT2D eigenvalue weighted by Gasteiger charge is -2.13. The smallest absolute Gasteiger partial charge is 0.307 e. The standard InChI is InChI=1S/C12H15NO4/c1-6-2-7(4-10(14)11(6)15)9-3-8(5-13-9)12(16)17/h2,4,8-9,13-15H,3,5H2,1H3,(H,16,17). The summed E-state index contributed by atoms with van der Waals surface area (Å²) in [6.07, 6.45) is 0.499. The quantitative estimate of drug-likeness (QED) is 0.579. The van der Waals surface area contributed by atoms with Gasteiger partial charge in [-0.1, -0.05) is 6.07 Å². The molecule has 0 spiro atoms. The average Bonchev–Trinajstić information content (AvgIpc) is 2.74. The van der Waals surface area contributed by atoms with E-state index in [1.54, 1.807) is 13.0 Å². The fourth-order valence-corrected chi connectivity index (χ4v) is 2.17. The first-order chi connectivity index (χ1) is 7.99. The molecule has 5 heteroatoms. The molecule has 1 aromatic carbocycles. The van der Waals surface area contributed by atoms with Gasteiger partial charge in [0.05, 0.1) is 5.92 Å². The number of aryl methyl sites for hydroxylation is 1. The van der Waals surface area contributed by atoms with Crippen LogP contribution < -0.4 is 5.32 Å². The Hall–Kier alpha value is -1.75. The zero-order chi connectivity index (χ0) is 12.6. The molecule has 1 aliphatic heterocycles. The first-order valence-electron chi connectivity index (χ1n) is 5.47. The Morgan fingerprint density at radius 2 is 2.12 bits per heavy atom. The van der Waals surface area contributed by atoms with Crippen LogP contribution in [0.3, 0.4) is 0 Å². The van der Waals surface area contributed by atoms with E-state index in [2.05, 4.69) is 5.32 Å². The Morgan fingerprint density at radius 3 is 2.65 bits per heavy atom. The molecule has 0 aromatic heterocycles. The lowest BCUT2D eigenvalue weighted by molar-refractivity contribution is -0.141. The monoisotopic (exact) mass is 237 g/mol. The molecule has 0 bridgehead atoms. The van der Waals surface area contributed by atoms with Gasteiger partial charge in [0, 0.05) is 12.6 Å². The Bertz CT molecular complexity index is 435. The molecule has 4 N–H and O–H groups in total. The summed E-state index contributed by atoms with van der Waals surface area (Å²) < 4.78 is 0. The molecule has 5 nitrogen and oxygen atoms in total. The molecule has 1 saturated heterocycles. The van der Waals surface area contributed by atoms with E-state index in [1.807, 2.05) is 0 Å². The highest BCUT2D eigenvalue weighted by Crippen LogP contribution is 2.35. The van der Waals surface area contributed by atoms with Crippen molar-refractivity contribution in [1.82, 2.24) is 5.32 Å². The van der Waals surface area contributed by atoms with Crippen molar-refractivity contribution in [3.8, 4) is 11.5 Å². The van der Waals surface area contributed by atoms with E-state index in [0.29, 0.717) is 18.5 Å². The number of phenolic OH excluding ortho intramolecular Hbond substituents is 2. The summed E-state index contributed by atoms with van der Waals surface area (Å²) in [4.78, 5) is 10.8. The maximum Gasteiger partial charge on any atom is 0.307 e. The topological polar surface area (TPSA) is 89.8 Å². The van der Waals surface area contributed by atoms with Gasteiger partial charge in [-0.3, -0.25) is 4.79 Å². The van der Waals surface area contributed by atoms with E-state index in [1.165, 1.54) is 6.07 Å². The molecule has 0 saturated carbocycles. The number of carboxylic acids is 1. The number of hydrogen-bond donors (Lipinski definition) is 4. The third-order valence-corrected chi connectivity index (χ3v) is 3.19. The van der Waals surface area contributed by atoms with Crippen LogP contribution >= 0.6 is 0 Å². The highest BCUT2D eigenvalue weighted by atomic mass is 16.4. The van der Waals surface area contributed by atoms with Crippen LogP contribution in [0.1, 0.15) is 23.6 Å². The van der Waals surface area contributed by atoms with Crippen LogP contribution in [0.4, 0.5) is 0 Å². The zero-order valence-corrected chi connectivity index (χ0v) is 9.47. The predicted octanol–water partition coefficient (Wildman–Crippen LogP) is 1.14. The van der Waals surface area contributed by atoms with Crippen molar-refractivity contribution in [2.75, 3.05) is 6.54 Å². The van der Waals surface area contributed by atoms with E-state index >= 15 is 0 Å². The fourth-order valence-electron chi connectivity index (χ4n) is 2.17. The van der Waals surface area contributed by atoms with Gasteiger partial charge in [0.15, 0.2) is 11.5 Å². The van der Waals surface area contributed by atoms with Gasteiger partial charge in [0.2, 0.25) is 0 Å². The predicted molar refractivity (Wildman–Crippen MR) is 61.0 cm³/mol. The van der Waals surface area contributed by atoms with Gasteiger partial charge < -0.3 is 20.6 Å². The summed E-state index contributed by atoms with van der Waals surface area (Å²) in [6.45, 7) is 2.13. The van der Waals surface area contributed by atoms with E-state index in [-0.39, 0.29) is 17.5 Å². The lowest BCUT2D eigenvalue weighted by atomic mass is 9.98. The van der Waals surface area contributed by atoms with Gasteiger partial charge >= 0.3 is 5.97 Å². The normalized spacial score (nSPS) is 23.8. The Kier molecular flexibility index (Phi) is 2.93. The number of hydrogen-bond acceptors (Lipinski definition) is 4. The van der Waals surface area contributed by atoms with Crippen molar-refractivity contribution in [2.24, 2.45) is 5.92 Å². The van der Waals surface area contributed by atoms with E-state index in [4.69, 9.17) is 5.11 Å². The molecule has 0 radical (unpaired) electrons. The molecule has 0 amide bonds. The van der Waals surface area contributed by atoms with Crippen molar-refractivity contribution in [3.05, 3.63) is 23.3 Å². The van der Waals surface area contributed by atoms with Crippen LogP contribution in [0.2, 0.25) is 0 Å². The minimum Gasteiger partial charge on any atom is -0.504 e. The minimum absolute atomic E-state index is 0.0821. The van der Waals surface area contributed by atoms with Crippen molar-refractivity contribution in [3.63, 3.8) is 0 Å². The Labute approximate surface area is 98.7 Å². The molecular formula is C12H15NO4. The first kappa shape index (κ1) is 11.7. The molecule has 2 unspecified atom stereocenters. The van der Waals surface area contributed by atoms with E-state index < -0.39 is 11.9 Å². The zero-order valence-electron chi connectivity index (χ0n) is 9.47. The molecule has 1 aromatic rings. The van der Waals surface area contributed by atoms with E-state index in [0.717, 1.165) is 5.56 Å². The van der Waals surface area contributed by atoms with Crippen LogP contribution in [-0.2, 0) is 4.79 Å². The highest BCUT2D eigenvalue weighted by molar-refractivity contribution is 5.70. The largest absolute Gasteiger partial charge is 0.504 e. The number of carboxylic acid groups (broad SMARTS) is 1. The summed E-state index contributed by atoms with van der Waals surface area (Å²) in [6, 6.07) is 3.16. The van der Waals surface area contributed by atoms with Crippen LogP contribution in [0.15, 0.2) is 12.1 Å². The van der Waals surface area contributed by atoms with Crippen LogP contribution in [-0.4, -0.2) is 27.8 Å². The molecule has 1 heterocycles. The molecule has 2 atom stereocenters. The summed E-state index contributed by atoms with van der Waals surface area (Å²) in [5, 5.41) is 31.0. The SMILES string of the molecule is Cc1cc(C2CC(C(=O)O)CN2)cc(O)c1O. The second-order valence-corrected chi connectivity index (χ2v) is 4.44. The average molecular weight is 237 g/mol.